The van der Waals surface area contributed by atoms with E-state index >= 15 is 0 Å². The van der Waals surface area contributed by atoms with Crippen molar-refractivity contribution in [1.82, 2.24) is 0 Å². The summed E-state index contributed by atoms with van der Waals surface area (Å²) in [5.74, 6) is -0.685. The monoisotopic (exact) mass is 177 g/mol. The minimum absolute atomic E-state index is 0.0714. The van der Waals surface area contributed by atoms with Crippen molar-refractivity contribution >= 4 is 0 Å². The van der Waals surface area contributed by atoms with Gasteiger partial charge < -0.3 is 5.11 Å². The number of nitrogens with zero attached hydrogens (tertiary/aromatic N) is 1. The van der Waals surface area contributed by atoms with E-state index in [-0.39, 0.29) is 23.3 Å². The van der Waals surface area contributed by atoms with E-state index in [1.54, 1.807) is 6.07 Å². The van der Waals surface area contributed by atoms with Crippen molar-refractivity contribution in [3.63, 3.8) is 0 Å². The van der Waals surface area contributed by atoms with E-state index < -0.39 is 5.82 Å². The number of hydrogen-bond donors (Lipinski definition) is 1. The third-order valence-electron chi connectivity index (χ3n) is 1.70. The van der Waals surface area contributed by atoms with E-state index in [2.05, 4.69) is 6.58 Å². The quantitative estimate of drug-likeness (QED) is 0.703. The molecule has 0 fully saturated rings. The molecule has 13 heavy (non-hydrogen) atoms. The zero-order valence-corrected chi connectivity index (χ0v) is 6.92. The van der Waals surface area contributed by atoms with Gasteiger partial charge in [-0.15, -0.1) is 6.58 Å². The fourth-order valence-electron chi connectivity index (χ4n) is 1.08. The molecule has 0 bridgehead atoms. The number of hydrogen-bond acceptors (Lipinski definition) is 2. The topological polar surface area (TPSA) is 44.0 Å². The molecule has 1 N–H and O–H groups in total. The smallest absolute Gasteiger partial charge is 0.141 e. The van der Waals surface area contributed by atoms with Crippen molar-refractivity contribution in [3.05, 3.63) is 41.7 Å². The lowest BCUT2D eigenvalue weighted by Gasteiger charge is -2.04. The summed E-state index contributed by atoms with van der Waals surface area (Å²) in [6.45, 7) is 3.46. The zero-order valence-electron chi connectivity index (χ0n) is 6.92. The highest BCUT2D eigenvalue weighted by atomic mass is 19.1. The van der Waals surface area contributed by atoms with Crippen molar-refractivity contribution in [3.8, 4) is 11.8 Å². The van der Waals surface area contributed by atoms with Crippen LogP contribution in [0, 0.1) is 17.1 Å². The standard InChI is InChI=1S/C10H8FNO/c1-2-3-7-8(6-12)9(11)4-5-10(7)13/h2,4-5,13H,1,3H2. The Balaban J connectivity index is 3.36. The molecule has 3 heteroatoms. The molecular formula is C10H8FNO. The first-order valence-electron chi connectivity index (χ1n) is 3.72. The normalized spacial score (nSPS) is 9.23. The molecule has 66 valence electrons. The van der Waals surface area contributed by atoms with Crippen LogP contribution < -0.4 is 0 Å². The first kappa shape index (κ1) is 9.27. The van der Waals surface area contributed by atoms with Gasteiger partial charge in [0.1, 0.15) is 17.6 Å². The highest BCUT2D eigenvalue weighted by molar-refractivity contribution is 5.47. The van der Waals surface area contributed by atoms with Crippen LogP contribution in [0.5, 0.6) is 5.75 Å². The zero-order chi connectivity index (χ0) is 9.84. The second-order valence-electron chi connectivity index (χ2n) is 2.52. The lowest BCUT2D eigenvalue weighted by Crippen LogP contribution is -1.93. The first-order chi connectivity index (χ1) is 6.20. The van der Waals surface area contributed by atoms with Crippen LogP contribution in [0.15, 0.2) is 24.8 Å². The second-order valence-corrected chi connectivity index (χ2v) is 2.52. The van der Waals surface area contributed by atoms with Crippen LogP contribution >= 0.6 is 0 Å². The Morgan fingerprint density at radius 3 is 2.85 bits per heavy atom. The number of rotatable bonds is 2. The summed E-state index contributed by atoms with van der Waals surface area (Å²) in [6, 6.07) is 4.01. The van der Waals surface area contributed by atoms with Crippen LogP contribution in [0.4, 0.5) is 4.39 Å². The lowest BCUT2D eigenvalue weighted by atomic mass is 10.0. The summed E-state index contributed by atoms with van der Waals surface area (Å²) < 4.78 is 13.0. The highest BCUT2D eigenvalue weighted by Gasteiger charge is 2.10. The Morgan fingerprint density at radius 1 is 1.62 bits per heavy atom. The fourth-order valence-corrected chi connectivity index (χ4v) is 1.08. The van der Waals surface area contributed by atoms with Gasteiger partial charge in [-0.2, -0.15) is 5.26 Å². The van der Waals surface area contributed by atoms with Gasteiger partial charge in [0.25, 0.3) is 0 Å². The molecule has 1 rings (SSSR count). The van der Waals surface area contributed by atoms with Gasteiger partial charge in [0.05, 0.1) is 5.56 Å². The summed E-state index contributed by atoms with van der Waals surface area (Å²) >= 11 is 0. The third-order valence-corrected chi connectivity index (χ3v) is 1.70. The molecule has 0 unspecified atom stereocenters. The number of allylic oxidation sites excluding steroid dienone is 1. The van der Waals surface area contributed by atoms with Gasteiger partial charge in [0.2, 0.25) is 0 Å². The van der Waals surface area contributed by atoms with Gasteiger partial charge in [0, 0.05) is 5.56 Å². The number of aromatic hydroxyl groups is 1. The molecule has 0 aliphatic carbocycles. The predicted octanol–water partition coefficient (Wildman–Crippen LogP) is 2.13. The maximum atomic E-state index is 13.0. The molecular weight excluding hydrogens is 169 g/mol. The van der Waals surface area contributed by atoms with Gasteiger partial charge >= 0.3 is 0 Å². The summed E-state index contributed by atoms with van der Waals surface area (Å²) in [7, 11) is 0. The number of phenols is 1. The van der Waals surface area contributed by atoms with Gasteiger partial charge in [-0.25, -0.2) is 4.39 Å². The number of halogens is 1. The molecule has 0 atom stereocenters. The predicted molar refractivity (Wildman–Crippen MR) is 46.7 cm³/mol. The van der Waals surface area contributed by atoms with E-state index in [1.165, 1.54) is 12.1 Å². The minimum Gasteiger partial charge on any atom is -0.508 e. The number of nitriles is 1. The van der Waals surface area contributed by atoms with Crippen LogP contribution in [-0.2, 0) is 6.42 Å². The molecule has 1 aromatic carbocycles. The van der Waals surface area contributed by atoms with Crippen molar-refractivity contribution in [2.24, 2.45) is 0 Å². The largest absolute Gasteiger partial charge is 0.508 e. The molecule has 0 heterocycles. The minimum atomic E-state index is -0.614. The van der Waals surface area contributed by atoms with Crippen LogP contribution in [-0.4, -0.2) is 5.11 Å². The van der Waals surface area contributed by atoms with E-state index in [0.717, 1.165) is 6.07 Å². The van der Waals surface area contributed by atoms with Gasteiger partial charge in [-0.05, 0) is 18.6 Å². The molecule has 0 aliphatic rings. The van der Waals surface area contributed by atoms with Crippen LogP contribution in [0.25, 0.3) is 0 Å². The lowest BCUT2D eigenvalue weighted by molar-refractivity contribution is 0.466. The Bertz CT molecular complexity index is 379. The van der Waals surface area contributed by atoms with Crippen molar-refractivity contribution in [2.75, 3.05) is 0 Å². The van der Waals surface area contributed by atoms with E-state index in [4.69, 9.17) is 5.26 Å². The summed E-state index contributed by atoms with van der Waals surface area (Å²) in [5, 5.41) is 17.9. The molecule has 0 saturated heterocycles. The Labute approximate surface area is 75.6 Å². The number of phenolic OH excluding ortho intramolecular Hbond substituents is 1. The van der Waals surface area contributed by atoms with Gasteiger partial charge in [-0.3, -0.25) is 0 Å². The number of benzene rings is 1. The van der Waals surface area contributed by atoms with Crippen molar-refractivity contribution in [1.29, 1.82) is 5.26 Å². The van der Waals surface area contributed by atoms with E-state index in [0.29, 0.717) is 0 Å². The van der Waals surface area contributed by atoms with Crippen LogP contribution in [0.1, 0.15) is 11.1 Å². The molecule has 1 aromatic rings. The van der Waals surface area contributed by atoms with Crippen molar-refractivity contribution in [2.45, 2.75) is 6.42 Å². The van der Waals surface area contributed by atoms with E-state index in [1.807, 2.05) is 0 Å². The Hall–Kier alpha value is -1.82. The van der Waals surface area contributed by atoms with E-state index in [9.17, 15) is 9.50 Å². The maximum Gasteiger partial charge on any atom is 0.141 e. The maximum absolute atomic E-state index is 13.0. The summed E-state index contributed by atoms with van der Waals surface area (Å²) in [6.07, 6.45) is 1.79. The molecule has 0 radical (unpaired) electrons. The molecule has 0 aromatic heterocycles. The van der Waals surface area contributed by atoms with Gasteiger partial charge in [0.15, 0.2) is 0 Å². The van der Waals surface area contributed by atoms with Crippen molar-refractivity contribution < 1.29 is 9.50 Å². The molecule has 0 aliphatic heterocycles. The average molecular weight is 177 g/mol. The van der Waals surface area contributed by atoms with Gasteiger partial charge in [-0.1, -0.05) is 6.08 Å². The Kier molecular flexibility index (Phi) is 2.65. The second kappa shape index (κ2) is 3.72. The molecule has 0 saturated carbocycles. The Morgan fingerprint density at radius 2 is 2.31 bits per heavy atom. The third kappa shape index (κ3) is 1.67. The summed E-state index contributed by atoms with van der Waals surface area (Å²) in [5.41, 5.74) is 0.178. The molecule has 2 nitrogen and oxygen atoms in total. The van der Waals surface area contributed by atoms with Crippen LogP contribution in [0.2, 0.25) is 0 Å². The fraction of sp³-hybridized carbons (Fsp3) is 0.100. The highest BCUT2D eigenvalue weighted by Crippen LogP contribution is 2.23. The summed E-state index contributed by atoms with van der Waals surface area (Å²) in [4.78, 5) is 0. The first-order valence-corrected chi connectivity index (χ1v) is 3.72. The SMILES string of the molecule is C=CCc1c(O)ccc(F)c1C#N. The van der Waals surface area contributed by atoms with Crippen LogP contribution in [0.3, 0.4) is 0 Å². The average Bonchev–Trinajstić information content (AvgIpc) is 2.12. The molecule has 0 amide bonds. The molecule has 0 spiro atoms.